The van der Waals surface area contributed by atoms with Crippen molar-refractivity contribution in [2.75, 3.05) is 0 Å². The van der Waals surface area contributed by atoms with Gasteiger partial charge in [-0.1, -0.05) is 55.5 Å². The van der Waals surface area contributed by atoms with Gasteiger partial charge in [0.25, 0.3) is 0 Å². The van der Waals surface area contributed by atoms with E-state index in [1.54, 1.807) is 6.07 Å². The zero-order valence-corrected chi connectivity index (χ0v) is 17.7. The van der Waals surface area contributed by atoms with E-state index < -0.39 is 17.4 Å². The minimum Gasteiger partial charge on any atom is -0.507 e. The third kappa shape index (κ3) is 4.74. The van der Waals surface area contributed by atoms with Crippen molar-refractivity contribution < 1.29 is 22.7 Å². The van der Waals surface area contributed by atoms with E-state index in [2.05, 4.69) is 0 Å². The molecule has 168 valence electrons. The van der Waals surface area contributed by atoms with Crippen LogP contribution in [0.25, 0.3) is 0 Å². The molecule has 2 aromatic carbocycles. The summed E-state index contributed by atoms with van der Waals surface area (Å²) in [6.45, 7) is 1.88. The van der Waals surface area contributed by atoms with Crippen LogP contribution >= 0.6 is 0 Å². The Morgan fingerprint density at radius 3 is 2.38 bits per heavy atom. The van der Waals surface area contributed by atoms with Gasteiger partial charge in [0.05, 0.1) is 11.1 Å². The predicted molar refractivity (Wildman–Crippen MR) is 116 cm³/mol. The summed E-state index contributed by atoms with van der Waals surface area (Å²) in [5.41, 5.74) is 0.429. The fourth-order valence-corrected chi connectivity index (χ4v) is 4.37. The lowest BCUT2D eigenvalue weighted by Crippen LogP contribution is -2.17. The number of aromatic hydroxyl groups is 1. The number of halogens is 3. The molecule has 1 fully saturated rings. The van der Waals surface area contributed by atoms with Crippen molar-refractivity contribution >= 4 is 0 Å². The van der Waals surface area contributed by atoms with E-state index in [-0.39, 0.29) is 35.5 Å². The molecule has 1 aliphatic rings. The highest BCUT2D eigenvalue weighted by atomic mass is 19.4. The zero-order valence-electron chi connectivity index (χ0n) is 17.7. The smallest absolute Gasteiger partial charge is 0.416 e. The molecule has 6 heteroatoms. The Morgan fingerprint density at radius 1 is 1.06 bits per heavy atom. The SMILES string of the molecule is CCC(Cc1cccc(C(F)(F)F)c1)c1cc(O)c(C(c2ccccc2)C2CC2)c(=O)o1. The van der Waals surface area contributed by atoms with E-state index in [9.17, 15) is 23.1 Å². The molecule has 2 atom stereocenters. The molecule has 0 bridgehead atoms. The third-order valence-electron chi connectivity index (χ3n) is 6.18. The van der Waals surface area contributed by atoms with Crippen molar-refractivity contribution in [1.82, 2.24) is 0 Å². The van der Waals surface area contributed by atoms with Gasteiger partial charge in [-0.3, -0.25) is 0 Å². The summed E-state index contributed by atoms with van der Waals surface area (Å²) in [4.78, 5) is 13.0. The molecule has 1 heterocycles. The van der Waals surface area contributed by atoms with Crippen LogP contribution in [0.3, 0.4) is 0 Å². The van der Waals surface area contributed by atoms with Crippen molar-refractivity contribution in [1.29, 1.82) is 0 Å². The van der Waals surface area contributed by atoms with Crippen LogP contribution in [0.2, 0.25) is 0 Å². The lowest BCUT2D eigenvalue weighted by Gasteiger charge is -2.20. The Kier molecular flexibility index (Phi) is 6.13. The first-order valence-corrected chi connectivity index (χ1v) is 10.9. The summed E-state index contributed by atoms with van der Waals surface area (Å²) in [5, 5.41) is 10.8. The number of rotatable bonds is 7. The second-order valence-electron chi connectivity index (χ2n) is 8.47. The van der Waals surface area contributed by atoms with Gasteiger partial charge in [-0.05, 0) is 48.8 Å². The maximum atomic E-state index is 13.1. The molecule has 3 nitrogen and oxygen atoms in total. The fourth-order valence-electron chi connectivity index (χ4n) is 4.37. The summed E-state index contributed by atoms with van der Waals surface area (Å²) in [6, 6.07) is 16.2. The summed E-state index contributed by atoms with van der Waals surface area (Å²) < 4.78 is 44.8. The second kappa shape index (κ2) is 8.85. The van der Waals surface area contributed by atoms with Crippen molar-refractivity contribution in [2.24, 2.45) is 5.92 Å². The van der Waals surface area contributed by atoms with E-state index in [0.29, 0.717) is 17.7 Å². The first-order valence-electron chi connectivity index (χ1n) is 10.9. The van der Waals surface area contributed by atoms with Gasteiger partial charge in [-0.2, -0.15) is 13.2 Å². The standard InChI is InChI=1S/C26H25F3O3/c1-2-17(13-16-7-6-10-20(14-16)26(27,28)29)22-15-21(30)24(25(31)32-22)23(19-11-12-19)18-8-4-3-5-9-18/h3-10,14-15,17,19,23,30H,2,11-13H2,1H3. The predicted octanol–water partition coefficient (Wildman–Crippen LogP) is 6.64. The molecule has 0 aliphatic heterocycles. The molecular weight excluding hydrogens is 417 g/mol. The molecule has 1 aromatic heterocycles. The summed E-state index contributed by atoms with van der Waals surface area (Å²) >= 11 is 0. The summed E-state index contributed by atoms with van der Waals surface area (Å²) in [7, 11) is 0. The summed E-state index contributed by atoms with van der Waals surface area (Å²) in [5.74, 6) is -0.102. The highest BCUT2D eigenvalue weighted by Gasteiger charge is 2.37. The van der Waals surface area contributed by atoms with E-state index in [0.717, 1.165) is 30.5 Å². The van der Waals surface area contributed by atoms with E-state index in [1.807, 2.05) is 37.3 Å². The van der Waals surface area contributed by atoms with Crippen LogP contribution in [0.15, 0.2) is 69.9 Å². The average Bonchev–Trinajstić information content (AvgIpc) is 3.59. The minimum atomic E-state index is -4.42. The van der Waals surface area contributed by atoms with Gasteiger partial charge in [0, 0.05) is 17.9 Å². The van der Waals surface area contributed by atoms with Gasteiger partial charge >= 0.3 is 11.8 Å². The molecule has 0 spiro atoms. The maximum Gasteiger partial charge on any atom is 0.416 e. The zero-order chi connectivity index (χ0) is 22.9. The van der Waals surface area contributed by atoms with Crippen molar-refractivity contribution in [3.05, 3.63) is 99.1 Å². The quantitative estimate of drug-likeness (QED) is 0.446. The monoisotopic (exact) mass is 442 g/mol. The fraction of sp³-hybridized carbons (Fsp3) is 0.346. The van der Waals surface area contributed by atoms with Gasteiger partial charge in [-0.25, -0.2) is 4.79 Å². The summed E-state index contributed by atoms with van der Waals surface area (Å²) in [6.07, 6.45) is -1.64. The molecule has 0 saturated heterocycles. The molecular formula is C26H25F3O3. The molecule has 1 aliphatic carbocycles. The molecule has 4 rings (SSSR count). The molecule has 2 unspecified atom stereocenters. The highest BCUT2D eigenvalue weighted by molar-refractivity contribution is 5.42. The largest absolute Gasteiger partial charge is 0.507 e. The molecule has 1 N–H and O–H groups in total. The van der Waals surface area contributed by atoms with Gasteiger partial charge in [0.1, 0.15) is 11.5 Å². The third-order valence-corrected chi connectivity index (χ3v) is 6.18. The Bertz CT molecular complexity index is 1130. The van der Waals surface area contributed by atoms with E-state index in [4.69, 9.17) is 4.42 Å². The molecule has 3 aromatic rings. The number of alkyl halides is 3. The topological polar surface area (TPSA) is 50.4 Å². The van der Waals surface area contributed by atoms with Crippen molar-refractivity contribution in [3.8, 4) is 5.75 Å². The lowest BCUT2D eigenvalue weighted by molar-refractivity contribution is -0.137. The van der Waals surface area contributed by atoms with Gasteiger partial charge < -0.3 is 9.52 Å². The van der Waals surface area contributed by atoms with Crippen LogP contribution in [0, 0.1) is 5.92 Å². The Labute approximate surface area is 184 Å². The van der Waals surface area contributed by atoms with Crippen molar-refractivity contribution in [2.45, 2.75) is 50.6 Å². The van der Waals surface area contributed by atoms with Crippen LogP contribution in [-0.4, -0.2) is 5.11 Å². The average molecular weight is 442 g/mol. The lowest BCUT2D eigenvalue weighted by atomic mass is 9.86. The molecule has 32 heavy (non-hydrogen) atoms. The van der Waals surface area contributed by atoms with E-state index >= 15 is 0 Å². The molecule has 0 radical (unpaired) electrons. The van der Waals surface area contributed by atoms with Gasteiger partial charge in [0.15, 0.2) is 0 Å². The molecule has 0 amide bonds. The van der Waals surface area contributed by atoms with Crippen LogP contribution < -0.4 is 5.63 Å². The Morgan fingerprint density at radius 2 is 1.78 bits per heavy atom. The normalized spacial score (nSPS) is 16.0. The van der Waals surface area contributed by atoms with Crippen LogP contribution in [-0.2, 0) is 12.6 Å². The van der Waals surface area contributed by atoms with Crippen LogP contribution in [0.4, 0.5) is 13.2 Å². The second-order valence-corrected chi connectivity index (χ2v) is 8.47. The van der Waals surface area contributed by atoms with Gasteiger partial charge in [-0.15, -0.1) is 0 Å². The number of hydrogen-bond acceptors (Lipinski definition) is 3. The maximum absolute atomic E-state index is 13.1. The minimum absolute atomic E-state index is 0.112. The van der Waals surface area contributed by atoms with Crippen molar-refractivity contribution in [3.63, 3.8) is 0 Å². The van der Waals surface area contributed by atoms with E-state index in [1.165, 1.54) is 12.1 Å². The highest BCUT2D eigenvalue weighted by Crippen LogP contribution is 2.47. The Hall–Kier alpha value is -3.02. The van der Waals surface area contributed by atoms with Crippen LogP contribution in [0.1, 0.15) is 66.0 Å². The molecule has 1 saturated carbocycles. The number of benzene rings is 2. The first-order chi connectivity index (χ1) is 15.3. The van der Waals surface area contributed by atoms with Gasteiger partial charge in [0.2, 0.25) is 0 Å². The van der Waals surface area contributed by atoms with Crippen LogP contribution in [0.5, 0.6) is 5.75 Å². The Balaban J connectivity index is 1.65. The first kappa shape index (κ1) is 22.2. The number of hydrogen-bond donors (Lipinski definition) is 1.